The van der Waals surface area contributed by atoms with Gasteiger partial charge < -0.3 is 24.8 Å². The van der Waals surface area contributed by atoms with Gasteiger partial charge in [0.1, 0.15) is 11.4 Å². The molecule has 10 heteroatoms. The van der Waals surface area contributed by atoms with E-state index in [0.29, 0.717) is 24.5 Å². The number of nitrogens with zero attached hydrogens (tertiary/aromatic N) is 3. The molecule has 182 valence electrons. The number of hydrazine groups is 1. The van der Waals surface area contributed by atoms with E-state index in [1.54, 1.807) is 29.2 Å². The van der Waals surface area contributed by atoms with Crippen LogP contribution in [0.3, 0.4) is 0 Å². The number of anilines is 1. The van der Waals surface area contributed by atoms with Crippen LogP contribution in [0.5, 0.6) is 5.75 Å². The Morgan fingerprint density at radius 2 is 1.67 bits per heavy atom. The number of ether oxygens (including phenoxy) is 2. The first kappa shape index (κ1) is 24.8. The van der Waals surface area contributed by atoms with Gasteiger partial charge in [-0.05, 0) is 45.7 Å². The van der Waals surface area contributed by atoms with E-state index >= 15 is 0 Å². The number of carboxylic acid groups (broad SMARTS) is 1. The van der Waals surface area contributed by atoms with Gasteiger partial charge in [-0.25, -0.2) is 19.6 Å². The molecule has 2 saturated heterocycles. The third-order valence-corrected chi connectivity index (χ3v) is 5.60. The zero-order valence-electron chi connectivity index (χ0n) is 19.6. The average Bonchev–Trinajstić information content (AvgIpc) is 2.77. The van der Waals surface area contributed by atoms with Crippen LogP contribution >= 0.6 is 0 Å². The van der Waals surface area contributed by atoms with E-state index in [-0.39, 0.29) is 17.9 Å². The van der Waals surface area contributed by atoms with Crippen molar-refractivity contribution in [2.45, 2.75) is 39.2 Å². The SMILES string of the molecule is CC(C)(C)OC(=O)C1CCN(N2CCN(C(=O)Nc3cccc(OCC(=O)O)c3)CC2)CC1. The number of hydrogen-bond acceptors (Lipinski definition) is 7. The van der Waals surface area contributed by atoms with E-state index in [0.717, 1.165) is 39.0 Å². The van der Waals surface area contributed by atoms with Crippen LogP contribution in [0.2, 0.25) is 0 Å². The topological polar surface area (TPSA) is 112 Å². The number of urea groups is 1. The van der Waals surface area contributed by atoms with Gasteiger partial charge in [0, 0.05) is 51.0 Å². The number of aliphatic carboxylic acids is 1. The highest BCUT2D eigenvalue weighted by Crippen LogP contribution is 2.23. The molecular formula is C23H34N4O6. The molecule has 2 N–H and O–H groups in total. The zero-order chi connectivity index (χ0) is 24.0. The van der Waals surface area contributed by atoms with Gasteiger partial charge in [-0.2, -0.15) is 0 Å². The predicted molar refractivity (Wildman–Crippen MR) is 122 cm³/mol. The summed E-state index contributed by atoms with van der Waals surface area (Å²) in [6, 6.07) is 6.48. The molecule has 2 fully saturated rings. The summed E-state index contributed by atoms with van der Waals surface area (Å²) < 4.78 is 10.7. The second-order valence-corrected chi connectivity index (χ2v) is 9.34. The zero-order valence-corrected chi connectivity index (χ0v) is 19.6. The molecule has 0 unspecified atom stereocenters. The number of carboxylic acids is 1. The molecule has 0 aliphatic carbocycles. The second-order valence-electron chi connectivity index (χ2n) is 9.34. The number of rotatable bonds is 6. The van der Waals surface area contributed by atoms with Crippen LogP contribution in [0.15, 0.2) is 24.3 Å². The van der Waals surface area contributed by atoms with E-state index in [1.807, 2.05) is 20.8 Å². The molecule has 0 bridgehead atoms. The Morgan fingerprint density at radius 3 is 2.27 bits per heavy atom. The molecule has 2 aliphatic heterocycles. The van der Waals surface area contributed by atoms with Crippen molar-refractivity contribution in [1.82, 2.24) is 14.9 Å². The summed E-state index contributed by atoms with van der Waals surface area (Å²) in [4.78, 5) is 37.4. The fourth-order valence-corrected chi connectivity index (χ4v) is 3.96. The summed E-state index contributed by atoms with van der Waals surface area (Å²) in [5.74, 6) is -0.838. The van der Waals surface area contributed by atoms with Gasteiger partial charge in [-0.3, -0.25) is 4.79 Å². The second kappa shape index (κ2) is 10.8. The summed E-state index contributed by atoms with van der Waals surface area (Å²) in [6.07, 6.45) is 1.55. The van der Waals surface area contributed by atoms with Crippen molar-refractivity contribution in [1.29, 1.82) is 0 Å². The van der Waals surface area contributed by atoms with E-state index in [1.165, 1.54) is 0 Å². The first-order valence-corrected chi connectivity index (χ1v) is 11.3. The Labute approximate surface area is 194 Å². The largest absolute Gasteiger partial charge is 0.482 e. The number of esters is 1. The highest BCUT2D eigenvalue weighted by molar-refractivity contribution is 5.89. The Bertz CT molecular complexity index is 840. The molecule has 1 aromatic rings. The highest BCUT2D eigenvalue weighted by atomic mass is 16.6. The van der Waals surface area contributed by atoms with Gasteiger partial charge in [0.2, 0.25) is 0 Å². The van der Waals surface area contributed by atoms with Gasteiger partial charge in [0.05, 0.1) is 5.92 Å². The van der Waals surface area contributed by atoms with Crippen LogP contribution in [-0.2, 0) is 14.3 Å². The van der Waals surface area contributed by atoms with Crippen LogP contribution in [0.4, 0.5) is 10.5 Å². The highest BCUT2D eigenvalue weighted by Gasteiger charge is 2.32. The lowest BCUT2D eigenvalue weighted by Gasteiger charge is -2.43. The number of amides is 2. The monoisotopic (exact) mass is 462 g/mol. The van der Waals surface area contributed by atoms with Crippen LogP contribution in [0.25, 0.3) is 0 Å². The number of piperazine rings is 1. The summed E-state index contributed by atoms with van der Waals surface area (Å²) in [5, 5.41) is 16.1. The third kappa shape index (κ3) is 7.61. The lowest BCUT2D eigenvalue weighted by Crippen LogP contribution is -2.57. The first-order valence-electron chi connectivity index (χ1n) is 11.3. The molecule has 33 heavy (non-hydrogen) atoms. The van der Waals surface area contributed by atoms with E-state index in [9.17, 15) is 14.4 Å². The molecule has 1 aromatic carbocycles. The molecule has 2 amide bonds. The van der Waals surface area contributed by atoms with Crippen molar-refractivity contribution in [2.75, 3.05) is 51.2 Å². The van der Waals surface area contributed by atoms with Gasteiger partial charge >= 0.3 is 18.0 Å². The number of benzene rings is 1. The quantitative estimate of drug-likeness (QED) is 0.620. The van der Waals surface area contributed by atoms with Gasteiger partial charge in [0.25, 0.3) is 0 Å². The van der Waals surface area contributed by atoms with Crippen LogP contribution in [0, 0.1) is 5.92 Å². The van der Waals surface area contributed by atoms with Crippen molar-refractivity contribution >= 4 is 23.7 Å². The third-order valence-electron chi connectivity index (χ3n) is 5.60. The minimum absolute atomic E-state index is 0.0530. The van der Waals surface area contributed by atoms with Crippen LogP contribution < -0.4 is 10.1 Å². The summed E-state index contributed by atoms with van der Waals surface area (Å²) in [6.45, 7) is 9.48. The standard InChI is InChI=1S/C23H34N4O6/c1-23(2,3)33-21(30)17-7-9-26(10-8-17)27-13-11-25(12-14-27)22(31)24-18-5-4-6-19(15-18)32-16-20(28)29/h4-6,15,17H,7-14,16H2,1-3H3,(H,24,31)(H,28,29). The fraction of sp³-hybridized carbons (Fsp3) is 0.609. The Hall–Kier alpha value is -2.85. The van der Waals surface area contributed by atoms with E-state index in [2.05, 4.69) is 15.3 Å². The lowest BCUT2D eigenvalue weighted by atomic mass is 9.97. The maximum atomic E-state index is 12.7. The Balaban J connectivity index is 1.42. The normalized spacial score (nSPS) is 18.6. The maximum absolute atomic E-state index is 12.7. The van der Waals surface area contributed by atoms with Crippen molar-refractivity contribution in [3.05, 3.63) is 24.3 Å². The molecular weight excluding hydrogens is 428 g/mol. The van der Waals surface area contributed by atoms with Crippen molar-refractivity contribution < 1.29 is 29.0 Å². The Kier molecular flexibility index (Phi) is 8.15. The average molecular weight is 463 g/mol. The Morgan fingerprint density at radius 1 is 1.03 bits per heavy atom. The lowest BCUT2D eigenvalue weighted by molar-refractivity contribution is -0.164. The van der Waals surface area contributed by atoms with Crippen LogP contribution in [0.1, 0.15) is 33.6 Å². The summed E-state index contributed by atoms with van der Waals surface area (Å²) in [7, 11) is 0. The molecule has 0 atom stereocenters. The first-order chi connectivity index (χ1) is 15.6. The predicted octanol–water partition coefficient (Wildman–Crippen LogP) is 2.27. The van der Waals surface area contributed by atoms with Gasteiger partial charge in [-0.15, -0.1) is 0 Å². The van der Waals surface area contributed by atoms with E-state index < -0.39 is 18.2 Å². The molecule has 10 nitrogen and oxygen atoms in total. The number of hydrogen-bond donors (Lipinski definition) is 2. The molecule has 2 heterocycles. The van der Waals surface area contributed by atoms with Crippen molar-refractivity contribution in [3.63, 3.8) is 0 Å². The number of piperidine rings is 1. The number of nitrogens with one attached hydrogen (secondary N) is 1. The molecule has 0 radical (unpaired) electrons. The minimum Gasteiger partial charge on any atom is -0.482 e. The minimum atomic E-state index is -1.06. The van der Waals surface area contributed by atoms with Gasteiger partial charge in [-0.1, -0.05) is 6.07 Å². The van der Waals surface area contributed by atoms with Crippen LogP contribution in [-0.4, -0.2) is 89.5 Å². The molecule has 0 aromatic heterocycles. The number of carbonyl (C=O) groups excluding carboxylic acids is 2. The smallest absolute Gasteiger partial charge is 0.341 e. The summed E-state index contributed by atoms with van der Waals surface area (Å²) >= 11 is 0. The molecule has 2 aliphatic rings. The maximum Gasteiger partial charge on any atom is 0.341 e. The van der Waals surface area contributed by atoms with Crippen molar-refractivity contribution in [2.24, 2.45) is 5.92 Å². The molecule has 0 spiro atoms. The number of carbonyl (C=O) groups is 3. The summed E-state index contributed by atoms with van der Waals surface area (Å²) in [5.41, 5.74) is 0.0901. The van der Waals surface area contributed by atoms with E-state index in [4.69, 9.17) is 14.6 Å². The molecule has 3 rings (SSSR count). The molecule has 0 saturated carbocycles. The fourth-order valence-electron chi connectivity index (χ4n) is 3.96. The van der Waals surface area contributed by atoms with Gasteiger partial charge in [0.15, 0.2) is 6.61 Å². The van der Waals surface area contributed by atoms with Crippen molar-refractivity contribution in [3.8, 4) is 5.75 Å².